The van der Waals surface area contributed by atoms with E-state index in [0.29, 0.717) is 0 Å². The smallest absolute Gasteiger partial charge is 0.325 e. The number of hydrogen-bond donors (Lipinski definition) is 1. The molecule has 0 heterocycles. The van der Waals surface area contributed by atoms with Gasteiger partial charge in [0.25, 0.3) is 5.91 Å². The van der Waals surface area contributed by atoms with Crippen molar-refractivity contribution in [2.45, 2.75) is 45.4 Å². The van der Waals surface area contributed by atoms with Crippen molar-refractivity contribution in [3.63, 3.8) is 0 Å². The van der Waals surface area contributed by atoms with Gasteiger partial charge in [-0.15, -0.1) is 0 Å². The van der Waals surface area contributed by atoms with Gasteiger partial charge in [0.2, 0.25) is 0 Å². The molecule has 0 radical (unpaired) electrons. The number of esters is 1. The Morgan fingerprint density at radius 1 is 1.04 bits per heavy atom. The van der Waals surface area contributed by atoms with Crippen LogP contribution in [0.3, 0.4) is 0 Å². The summed E-state index contributed by atoms with van der Waals surface area (Å²) in [5.74, 6) is -3.54. The van der Waals surface area contributed by atoms with Gasteiger partial charge in [-0.1, -0.05) is 45.1 Å². The molecule has 1 N–H and O–H groups in total. The average Bonchev–Trinajstić information content (AvgIpc) is 2.52. The van der Waals surface area contributed by atoms with Crippen molar-refractivity contribution in [2.24, 2.45) is 0 Å². The molecule has 0 unspecified atom stereocenters. The standard InChI is InChI=1S/C17H23F2NO3/c1-2-3-4-5-6-7-11-23-15(21)12-20-17(22)16-13(18)9-8-10-14(16)19/h8-10H,2-7,11-12H2,1H3,(H,20,22). The molecule has 1 aromatic carbocycles. The number of carbonyl (C=O) groups excluding carboxylic acids is 2. The Morgan fingerprint density at radius 2 is 1.65 bits per heavy atom. The molecule has 0 atom stereocenters. The first-order valence-corrected chi connectivity index (χ1v) is 7.94. The highest BCUT2D eigenvalue weighted by Gasteiger charge is 2.17. The second kappa shape index (κ2) is 10.7. The van der Waals surface area contributed by atoms with Gasteiger partial charge < -0.3 is 10.1 Å². The fraction of sp³-hybridized carbons (Fsp3) is 0.529. The molecule has 1 aromatic rings. The minimum atomic E-state index is -0.975. The monoisotopic (exact) mass is 327 g/mol. The molecule has 0 spiro atoms. The van der Waals surface area contributed by atoms with E-state index in [1.54, 1.807) is 0 Å². The molecule has 4 nitrogen and oxygen atoms in total. The number of unbranched alkanes of at least 4 members (excludes halogenated alkanes) is 5. The first-order chi connectivity index (χ1) is 11.1. The van der Waals surface area contributed by atoms with Crippen LogP contribution in [-0.2, 0) is 9.53 Å². The van der Waals surface area contributed by atoms with Crippen LogP contribution in [0.4, 0.5) is 8.78 Å². The van der Waals surface area contributed by atoms with Crippen molar-refractivity contribution in [1.82, 2.24) is 5.32 Å². The van der Waals surface area contributed by atoms with Crippen LogP contribution in [0, 0.1) is 11.6 Å². The Labute approximate surface area is 135 Å². The zero-order valence-electron chi connectivity index (χ0n) is 13.4. The van der Waals surface area contributed by atoms with Gasteiger partial charge in [0.15, 0.2) is 0 Å². The molecule has 1 amide bonds. The largest absolute Gasteiger partial charge is 0.464 e. The highest BCUT2D eigenvalue weighted by atomic mass is 19.1. The minimum absolute atomic E-state index is 0.287. The van der Waals surface area contributed by atoms with Crippen LogP contribution < -0.4 is 5.32 Å². The van der Waals surface area contributed by atoms with Gasteiger partial charge in [-0.3, -0.25) is 9.59 Å². The molecule has 0 saturated carbocycles. The zero-order valence-corrected chi connectivity index (χ0v) is 13.4. The summed E-state index contributed by atoms with van der Waals surface area (Å²) in [7, 11) is 0. The maximum atomic E-state index is 13.4. The third kappa shape index (κ3) is 7.21. The lowest BCUT2D eigenvalue weighted by Gasteiger charge is -2.07. The van der Waals surface area contributed by atoms with Gasteiger partial charge in [-0.2, -0.15) is 0 Å². The van der Waals surface area contributed by atoms with E-state index in [1.165, 1.54) is 19.3 Å². The van der Waals surface area contributed by atoms with Crippen LogP contribution in [0.1, 0.15) is 55.8 Å². The number of halogens is 2. The molecule has 0 bridgehead atoms. The van der Waals surface area contributed by atoms with Crippen molar-refractivity contribution < 1.29 is 23.1 Å². The fourth-order valence-electron chi connectivity index (χ4n) is 2.08. The SMILES string of the molecule is CCCCCCCCOC(=O)CNC(=O)c1c(F)cccc1F. The Kier molecular flexibility index (Phi) is 8.87. The predicted molar refractivity (Wildman–Crippen MR) is 83.0 cm³/mol. The number of ether oxygens (including phenoxy) is 1. The Hall–Kier alpha value is -1.98. The first-order valence-electron chi connectivity index (χ1n) is 7.94. The predicted octanol–water partition coefficient (Wildman–Crippen LogP) is 3.60. The maximum Gasteiger partial charge on any atom is 0.325 e. The third-order valence-corrected chi connectivity index (χ3v) is 3.34. The van der Waals surface area contributed by atoms with Crippen molar-refractivity contribution in [2.75, 3.05) is 13.2 Å². The molecule has 6 heteroatoms. The summed E-state index contributed by atoms with van der Waals surface area (Å²) < 4.78 is 31.7. The molecule has 1 rings (SSSR count). The number of carbonyl (C=O) groups is 2. The van der Waals surface area contributed by atoms with Crippen LogP contribution in [0.25, 0.3) is 0 Å². The van der Waals surface area contributed by atoms with Crippen molar-refractivity contribution in [1.29, 1.82) is 0 Å². The number of amides is 1. The molecule has 0 aliphatic rings. The van der Waals surface area contributed by atoms with Crippen LogP contribution in [0.2, 0.25) is 0 Å². The van der Waals surface area contributed by atoms with E-state index in [4.69, 9.17) is 4.74 Å². The summed E-state index contributed by atoms with van der Waals surface area (Å²) in [5.41, 5.74) is -0.698. The van der Waals surface area contributed by atoms with Crippen LogP contribution >= 0.6 is 0 Å². The summed E-state index contributed by atoms with van der Waals surface area (Å²) in [6, 6.07) is 3.12. The highest BCUT2D eigenvalue weighted by molar-refractivity contribution is 5.96. The molecule has 23 heavy (non-hydrogen) atoms. The highest BCUT2D eigenvalue weighted by Crippen LogP contribution is 2.11. The van der Waals surface area contributed by atoms with E-state index in [1.807, 2.05) is 0 Å². The fourth-order valence-corrected chi connectivity index (χ4v) is 2.08. The zero-order chi connectivity index (χ0) is 17.1. The van der Waals surface area contributed by atoms with Crippen molar-refractivity contribution >= 4 is 11.9 Å². The molecule has 0 aliphatic heterocycles. The van der Waals surface area contributed by atoms with Crippen LogP contribution in [0.15, 0.2) is 18.2 Å². The molecule has 0 saturated heterocycles. The van der Waals surface area contributed by atoms with E-state index in [2.05, 4.69) is 12.2 Å². The first kappa shape index (κ1) is 19.1. The molecular weight excluding hydrogens is 304 g/mol. The van der Waals surface area contributed by atoms with Gasteiger partial charge in [-0.05, 0) is 18.6 Å². The van der Waals surface area contributed by atoms with Crippen molar-refractivity contribution in [3.05, 3.63) is 35.4 Å². The van der Waals surface area contributed by atoms with Crippen LogP contribution in [-0.4, -0.2) is 25.0 Å². The summed E-state index contributed by atoms with van der Waals surface area (Å²) in [5, 5.41) is 2.16. The Balaban J connectivity index is 2.22. The molecule has 128 valence electrons. The van der Waals surface area contributed by atoms with Crippen LogP contribution in [0.5, 0.6) is 0 Å². The lowest BCUT2D eigenvalue weighted by Crippen LogP contribution is -2.32. The van der Waals surface area contributed by atoms with Gasteiger partial charge in [0.05, 0.1) is 6.61 Å². The van der Waals surface area contributed by atoms with Gasteiger partial charge in [0.1, 0.15) is 23.7 Å². The Bertz CT molecular complexity index is 500. The van der Waals surface area contributed by atoms with E-state index >= 15 is 0 Å². The summed E-state index contributed by atoms with van der Waals surface area (Å²) in [6.07, 6.45) is 6.42. The molecule has 0 aliphatic carbocycles. The summed E-state index contributed by atoms with van der Waals surface area (Å²) >= 11 is 0. The van der Waals surface area contributed by atoms with E-state index in [0.717, 1.165) is 37.5 Å². The summed E-state index contributed by atoms with van der Waals surface area (Å²) in [6.45, 7) is 2.01. The quantitative estimate of drug-likeness (QED) is 0.528. The van der Waals surface area contributed by atoms with Gasteiger partial charge in [-0.25, -0.2) is 8.78 Å². The van der Waals surface area contributed by atoms with E-state index in [9.17, 15) is 18.4 Å². The summed E-state index contributed by atoms with van der Waals surface area (Å²) in [4.78, 5) is 23.1. The lowest BCUT2D eigenvalue weighted by atomic mass is 10.1. The number of hydrogen-bond acceptors (Lipinski definition) is 3. The Morgan fingerprint density at radius 3 is 2.30 bits per heavy atom. The number of rotatable bonds is 10. The third-order valence-electron chi connectivity index (χ3n) is 3.34. The normalized spacial score (nSPS) is 10.4. The average molecular weight is 327 g/mol. The topological polar surface area (TPSA) is 55.4 Å². The second-order valence-electron chi connectivity index (χ2n) is 5.27. The lowest BCUT2D eigenvalue weighted by molar-refractivity contribution is -0.142. The van der Waals surface area contributed by atoms with Gasteiger partial charge >= 0.3 is 5.97 Å². The van der Waals surface area contributed by atoms with E-state index in [-0.39, 0.29) is 6.61 Å². The molecule has 0 aromatic heterocycles. The van der Waals surface area contributed by atoms with E-state index < -0.39 is 35.6 Å². The number of nitrogens with one attached hydrogen (secondary N) is 1. The van der Waals surface area contributed by atoms with Gasteiger partial charge in [0, 0.05) is 0 Å². The number of benzene rings is 1. The second-order valence-corrected chi connectivity index (χ2v) is 5.27. The van der Waals surface area contributed by atoms with Crippen molar-refractivity contribution in [3.8, 4) is 0 Å². The molecular formula is C17H23F2NO3. The maximum absolute atomic E-state index is 13.4. The minimum Gasteiger partial charge on any atom is -0.464 e. The molecule has 0 fully saturated rings.